The summed E-state index contributed by atoms with van der Waals surface area (Å²) in [4.78, 5) is 34.9. The summed E-state index contributed by atoms with van der Waals surface area (Å²) in [5.41, 5.74) is -2.41. The van der Waals surface area contributed by atoms with E-state index in [-0.39, 0.29) is 11.6 Å². The summed E-state index contributed by atoms with van der Waals surface area (Å²) in [6, 6.07) is 0. The molecule has 0 radical (unpaired) electrons. The van der Waals surface area contributed by atoms with Gasteiger partial charge in [-0.15, -0.1) is 10.2 Å². The molecule has 2 rings (SSSR count). The van der Waals surface area contributed by atoms with Crippen LogP contribution in [0.4, 0.5) is 11.4 Å². The standard InChI is InChI=1S/C10H10N6O4/c1-3-11-7(17)5(8(18)12-3)15-16-6-9(19)13-4(2)14-10(6)20/h1-2H3,(H2,11,12,17,18)(H2,13,14,19,20). The summed E-state index contributed by atoms with van der Waals surface area (Å²) in [6.07, 6.45) is 0. The van der Waals surface area contributed by atoms with Gasteiger partial charge in [0.25, 0.3) is 11.1 Å². The van der Waals surface area contributed by atoms with Crippen LogP contribution in [0.1, 0.15) is 11.6 Å². The largest absolute Gasteiger partial charge is 0.492 e. The van der Waals surface area contributed by atoms with Gasteiger partial charge in [0.15, 0.2) is 0 Å². The van der Waals surface area contributed by atoms with E-state index in [2.05, 4.69) is 30.2 Å². The highest BCUT2D eigenvalue weighted by Gasteiger charge is 2.11. The Labute approximate surface area is 110 Å². The first-order valence-corrected chi connectivity index (χ1v) is 5.40. The van der Waals surface area contributed by atoms with Crippen molar-refractivity contribution in [2.75, 3.05) is 0 Å². The lowest BCUT2D eigenvalue weighted by Gasteiger charge is -1.99. The molecule has 104 valence electrons. The summed E-state index contributed by atoms with van der Waals surface area (Å²) in [7, 11) is 0. The molecular weight excluding hydrogens is 268 g/mol. The van der Waals surface area contributed by atoms with E-state index in [4.69, 9.17) is 0 Å². The lowest BCUT2D eigenvalue weighted by molar-refractivity contribution is 0.447. The number of aryl methyl sites for hydroxylation is 2. The lowest BCUT2D eigenvalue weighted by Crippen LogP contribution is -2.09. The van der Waals surface area contributed by atoms with E-state index in [0.29, 0.717) is 0 Å². The zero-order valence-corrected chi connectivity index (χ0v) is 10.5. The molecule has 10 heteroatoms. The number of rotatable bonds is 2. The van der Waals surface area contributed by atoms with Gasteiger partial charge in [0, 0.05) is 0 Å². The zero-order valence-electron chi connectivity index (χ0n) is 10.5. The number of aromatic hydroxyl groups is 2. The molecule has 2 aromatic heterocycles. The van der Waals surface area contributed by atoms with Crippen molar-refractivity contribution >= 4 is 11.4 Å². The van der Waals surface area contributed by atoms with Crippen molar-refractivity contribution in [1.29, 1.82) is 0 Å². The Morgan fingerprint density at radius 1 is 0.850 bits per heavy atom. The number of nitrogens with zero attached hydrogens (tertiary/aromatic N) is 4. The quantitative estimate of drug-likeness (QED) is 0.578. The zero-order chi connectivity index (χ0) is 14.9. The third-order valence-electron chi connectivity index (χ3n) is 2.24. The Morgan fingerprint density at radius 2 is 1.20 bits per heavy atom. The molecule has 0 saturated heterocycles. The van der Waals surface area contributed by atoms with Crippen molar-refractivity contribution in [3.8, 4) is 11.8 Å². The van der Waals surface area contributed by atoms with Crippen LogP contribution in [-0.2, 0) is 0 Å². The predicted molar refractivity (Wildman–Crippen MR) is 66.7 cm³/mol. The molecule has 0 bridgehead atoms. The van der Waals surface area contributed by atoms with Crippen LogP contribution >= 0.6 is 0 Å². The second-order valence-electron chi connectivity index (χ2n) is 3.85. The van der Waals surface area contributed by atoms with Crippen LogP contribution in [0, 0.1) is 13.8 Å². The predicted octanol–water partition coefficient (Wildman–Crippen LogP) is 0.297. The monoisotopic (exact) mass is 278 g/mol. The molecule has 0 aromatic carbocycles. The number of nitrogens with one attached hydrogen (secondary N) is 2. The summed E-state index contributed by atoms with van der Waals surface area (Å²) in [6.45, 7) is 2.95. The topological polar surface area (TPSA) is 157 Å². The Bertz CT molecular complexity index is 739. The first kappa shape index (κ1) is 13.4. The average molecular weight is 278 g/mol. The van der Waals surface area contributed by atoms with Crippen molar-refractivity contribution in [2.45, 2.75) is 13.8 Å². The van der Waals surface area contributed by atoms with Gasteiger partial charge in [0.1, 0.15) is 11.6 Å². The lowest BCUT2D eigenvalue weighted by atomic mass is 10.5. The Balaban J connectivity index is 2.51. The van der Waals surface area contributed by atoms with E-state index in [9.17, 15) is 19.8 Å². The highest BCUT2D eigenvalue weighted by atomic mass is 16.3. The summed E-state index contributed by atoms with van der Waals surface area (Å²) in [5, 5.41) is 25.8. The van der Waals surface area contributed by atoms with Crippen molar-refractivity contribution in [3.63, 3.8) is 0 Å². The maximum Gasteiger partial charge on any atom is 0.282 e. The minimum Gasteiger partial charge on any atom is -0.492 e. The van der Waals surface area contributed by atoms with Crippen LogP contribution in [0.5, 0.6) is 11.8 Å². The van der Waals surface area contributed by atoms with Crippen molar-refractivity contribution < 1.29 is 10.2 Å². The second kappa shape index (κ2) is 4.91. The number of hydrogen-bond acceptors (Lipinski definition) is 8. The molecule has 2 aromatic rings. The molecule has 2 heterocycles. The van der Waals surface area contributed by atoms with Gasteiger partial charge in [-0.25, -0.2) is 0 Å². The molecule has 0 fully saturated rings. The van der Waals surface area contributed by atoms with Gasteiger partial charge >= 0.3 is 0 Å². The van der Waals surface area contributed by atoms with Gasteiger partial charge in [0.05, 0.1) is 0 Å². The van der Waals surface area contributed by atoms with Crippen LogP contribution in [-0.4, -0.2) is 30.1 Å². The van der Waals surface area contributed by atoms with Crippen molar-refractivity contribution in [1.82, 2.24) is 19.9 Å². The summed E-state index contributed by atoms with van der Waals surface area (Å²) < 4.78 is 0. The fraction of sp³-hybridized carbons (Fsp3) is 0.200. The van der Waals surface area contributed by atoms with Gasteiger partial charge in [-0.1, -0.05) is 0 Å². The second-order valence-corrected chi connectivity index (χ2v) is 3.85. The molecule has 0 saturated carbocycles. The Kier molecular flexibility index (Phi) is 3.29. The van der Waals surface area contributed by atoms with Crippen LogP contribution in [0.15, 0.2) is 19.8 Å². The number of azo groups is 1. The van der Waals surface area contributed by atoms with Crippen molar-refractivity contribution in [2.24, 2.45) is 10.2 Å². The molecule has 4 N–H and O–H groups in total. The van der Waals surface area contributed by atoms with Crippen LogP contribution in [0.25, 0.3) is 0 Å². The molecule has 0 amide bonds. The molecule has 0 aliphatic carbocycles. The average Bonchev–Trinajstić information content (AvgIpc) is 2.30. The molecule has 0 aliphatic heterocycles. The third kappa shape index (κ3) is 2.53. The van der Waals surface area contributed by atoms with Crippen LogP contribution < -0.4 is 11.1 Å². The van der Waals surface area contributed by atoms with Crippen LogP contribution in [0.2, 0.25) is 0 Å². The van der Waals surface area contributed by atoms with E-state index >= 15 is 0 Å². The smallest absolute Gasteiger partial charge is 0.282 e. The van der Waals surface area contributed by atoms with E-state index in [1.54, 1.807) is 0 Å². The minimum absolute atomic E-state index is 0.198. The molecule has 10 nitrogen and oxygen atoms in total. The normalized spacial score (nSPS) is 11.1. The fourth-order valence-electron chi connectivity index (χ4n) is 1.41. The molecule has 0 atom stereocenters. The van der Waals surface area contributed by atoms with Gasteiger partial charge < -0.3 is 20.2 Å². The SMILES string of the molecule is Cc1nc(O)c(N=Nc2c(O)nc(C)[nH]c2=O)c(=O)[nH]1. The van der Waals surface area contributed by atoms with Crippen LogP contribution in [0.3, 0.4) is 0 Å². The number of H-pyrrole nitrogens is 2. The number of hydrogen-bond donors (Lipinski definition) is 4. The Morgan fingerprint density at radius 3 is 1.50 bits per heavy atom. The highest BCUT2D eigenvalue weighted by Crippen LogP contribution is 2.23. The number of aromatic amines is 2. The summed E-state index contributed by atoms with van der Waals surface area (Å²) in [5.74, 6) is -0.870. The Hall–Kier alpha value is -3.04. The molecular formula is C10H10N6O4. The first-order chi connectivity index (χ1) is 9.38. The third-order valence-corrected chi connectivity index (χ3v) is 2.24. The maximum atomic E-state index is 11.5. The summed E-state index contributed by atoms with van der Waals surface area (Å²) >= 11 is 0. The number of aromatic nitrogens is 4. The van der Waals surface area contributed by atoms with Gasteiger partial charge in [-0.2, -0.15) is 9.97 Å². The maximum absolute atomic E-state index is 11.5. The fourth-order valence-corrected chi connectivity index (χ4v) is 1.41. The van der Waals surface area contributed by atoms with Gasteiger partial charge in [-0.05, 0) is 13.8 Å². The van der Waals surface area contributed by atoms with E-state index in [1.165, 1.54) is 13.8 Å². The molecule has 0 spiro atoms. The minimum atomic E-state index is -0.727. The van der Waals surface area contributed by atoms with Gasteiger partial charge in [-0.3, -0.25) is 9.59 Å². The molecule has 20 heavy (non-hydrogen) atoms. The van der Waals surface area contributed by atoms with E-state index in [1.807, 2.05) is 0 Å². The van der Waals surface area contributed by atoms with Gasteiger partial charge in [0.2, 0.25) is 23.1 Å². The van der Waals surface area contributed by atoms with E-state index in [0.717, 1.165) is 0 Å². The first-order valence-electron chi connectivity index (χ1n) is 5.40. The highest BCUT2D eigenvalue weighted by molar-refractivity contribution is 5.47. The van der Waals surface area contributed by atoms with Crippen molar-refractivity contribution in [3.05, 3.63) is 32.4 Å². The molecule has 0 aliphatic rings. The molecule has 0 unspecified atom stereocenters. The van der Waals surface area contributed by atoms with E-state index < -0.39 is 34.3 Å².